The van der Waals surface area contributed by atoms with Crippen molar-refractivity contribution in [2.24, 2.45) is 0 Å². The molecule has 0 fully saturated rings. The summed E-state index contributed by atoms with van der Waals surface area (Å²) in [7, 11) is 1.81. The van der Waals surface area contributed by atoms with Crippen molar-refractivity contribution in [2.75, 3.05) is 37.4 Å². The molecule has 0 bridgehead atoms. The third kappa shape index (κ3) is 4.97. The van der Waals surface area contributed by atoms with Crippen molar-refractivity contribution >= 4 is 11.6 Å². The highest BCUT2D eigenvalue weighted by Crippen LogP contribution is 2.11. The molecule has 0 atom stereocenters. The largest absolute Gasteiger partial charge is 0.396 e. The van der Waals surface area contributed by atoms with Gasteiger partial charge in [0.25, 0.3) is 0 Å². The van der Waals surface area contributed by atoms with Crippen LogP contribution in [0.25, 0.3) is 0 Å². The molecule has 0 spiro atoms. The van der Waals surface area contributed by atoms with E-state index < -0.39 is 0 Å². The summed E-state index contributed by atoms with van der Waals surface area (Å²) in [5.74, 6) is 2.14. The van der Waals surface area contributed by atoms with Gasteiger partial charge in [0.2, 0.25) is 0 Å². The number of nitrogens with zero attached hydrogens (tertiary/aromatic N) is 2. The number of nitrogens with one attached hydrogen (secondary N) is 2. The van der Waals surface area contributed by atoms with Crippen LogP contribution < -0.4 is 10.6 Å². The van der Waals surface area contributed by atoms with Gasteiger partial charge in [0.1, 0.15) is 18.2 Å². The zero-order chi connectivity index (χ0) is 12.5. The molecule has 0 amide bonds. The lowest BCUT2D eigenvalue weighted by Crippen LogP contribution is -2.09. The Hall–Kier alpha value is -1.40. The van der Waals surface area contributed by atoms with Crippen molar-refractivity contribution in [2.45, 2.75) is 20.0 Å². The number of anilines is 2. The van der Waals surface area contributed by atoms with Gasteiger partial charge in [-0.15, -0.1) is 0 Å². The van der Waals surface area contributed by atoms with Crippen molar-refractivity contribution < 1.29 is 9.84 Å². The van der Waals surface area contributed by atoms with Crippen LogP contribution in [0.5, 0.6) is 0 Å². The quantitative estimate of drug-likeness (QED) is 0.585. The van der Waals surface area contributed by atoms with Gasteiger partial charge in [-0.3, -0.25) is 0 Å². The van der Waals surface area contributed by atoms with Crippen molar-refractivity contribution in [3.63, 3.8) is 0 Å². The molecule has 3 N–H and O–H groups in total. The number of aliphatic hydroxyl groups is 1. The molecule has 1 rings (SSSR count). The maximum Gasteiger partial charge on any atom is 0.158 e. The fraction of sp³-hybridized carbons (Fsp3) is 0.636. The second-order valence-electron chi connectivity index (χ2n) is 3.45. The predicted molar refractivity (Wildman–Crippen MR) is 67.1 cm³/mol. The van der Waals surface area contributed by atoms with Gasteiger partial charge in [0.05, 0.1) is 0 Å². The van der Waals surface area contributed by atoms with Crippen LogP contribution in [0.2, 0.25) is 0 Å². The van der Waals surface area contributed by atoms with Gasteiger partial charge in [0.15, 0.2) is 5.82 Å². The Balaban J connectivity index is 2.67. The van der Waals surface area contributed by atoms with Gasteiger partial charge in [0, 0.05) is 32.9 Å². The van der Waals surface area contributed by atoms with E-state index in [0.717, 1.165) is 11.6 Å². The van der Waals surface area contributed by atoms with E-state index in [2.05, 4.69) is 20.6 Å². The lowest BCUT2D eigenvalue weighted by atomic mass is 10.4. The standard InChI is InChI=1S/C11H20N4O2/c1-3-17-8-11-14-9(12-2)7-10(15-11)13-5-4-6-16/h7,16H,3-6,8H2,1-2H3,(H2,12,13,14,15). The van der Waals surface area contributed by atoms with E-state index in [1.807, 2.05) is 20.0 Å². The molecule has 0 saturated carbocycles. The van der Waals surface area contributed by atoms with E-state index in [1.165, 1.54) is 0 Å². The zero-order valence-electron chi connectivity index (χ0n) is 10.4. The van der Waals surface area contributed by atoms with Crippen LogP contribution in [0.15, 0.2) is 6.07 Å². The fourth-order valence-electron chi connectivity index (χ4n) is 1.27. The maximum atomic E-state index is 8.71. The molecular formula is C11H20N4O2. The third-order valence-corrected chi connectivity index (χ3v) is 2.10. The molecule has 0 aliphatic carbocycles. The van der Waals surface area contributed by atoms with Gasteiger partial charge in [-0.05, 0) is 13.3 Å². The van der Waals surface area contributed by atoms with Crippen LogP contribution >= 0.6 is 0 Å². The normalized spacial score (nSPS) is 10.3. The molecule has 0 saturated heterocycles. The van der Waals surface area contributed by atoms with Gasteiger partial charge in [-0.2, -0.15) is 0 Å². The maximum absolute atomic E-state index is 8.71. The van der Waals surface area contributed by atoms with Crippen LogP contribution in [0.1, 0.15) is 19.2 Å². The van der Waals surface area contributed by atoms with Crippen molar-refractivity contribution in [3.05, 3.63) is 11.9 Å². The summed E-state index contributed by atoms with van der Waals surface area (Å²) in [6.45, 7) is 3.83. The first-order valence-corrected chi connectivity index (χ1v) is 5.78. The minimum absolute atomic E-state index is 0.169. The van der Waals surface area contributed by atoms with Gasteiger partial charge >= 0.3 is 0 Å². The minimum atomic E-state index is 0.169. The first kappa shape index (κ1) is 13.7. The highest BCUT2D eigenvalue weighted by Gasteiger charge is 2.03. The summed E-state index contributed by atoms with van der Waals surface area (Å²) in [6.07, 6.45) is 0.694. The molecule has 6 heteroatoms. The second-order valence-corrected chi connectivity index (χ2v) is 3.45. The number of aliphatic hydroxyl groups excluding tert-OH is 1. The first-order chi connectivity index (χ1) is 8.30. The van der Waals surface area contributed by atoms with Crippen LogP contribution in [0.3, 0.4) is 0 Å². The molecule has 0 aliphatic rings. The molecule has 17 heavy (non-hydrogen) atoms. The highest BCUT2D eigenvalue weighted by molar-refractivity contribution is 5.47. The average Bonchev–Trinajstić information content (AvgIpc) is 2.36. The summed E-state index contributed by atoms with van der Waals surface area (Å²) in [5.41, 5.74) is 0. The third-order valence-electron chi connectivity index (χ3n) is 2.10. The molecule has 1 aromatic rings. The number of aromatic nitrogens is 2. The summed E-state index contributed by atoms with van der Waals surface area (Å²) < 4.78 is 5.28. The molecule has 0 radical (unpaired) electrons. The average molecular weight is 240 g/mol. The molecule has 0 aliphatic heterocycles. The Morgan fingerprint density at radius 2 is 2.12 bits per heavy atom. The van der Waals surface area contributed by atoms with Gasteiger partial charge in [-0.25, -0.2) is 9.97 Å². The molecule has 1 heterocycles. The Bertz CT molecular complexity index is 333. The number of ether oxygens (including phenoxy) is 1. The van der Waals surface area contributed by atoms with E-state index >= 15 is 0 Å². The predicted octanol–water partition coefficient (Wildman–Crippen LogP) is 0.849. The molecule has 96 valence electrons. The van der Waals surface area contributed by atoms with Gasteiger partial charge in [-0.1, -0.05) is 0 Å². The van der Waals surface area contributed by atoms with E-state index in [-0.39, 0.29) is 6.61 Å². The monoisotopic (exact) mass is 240 g/mol. The number of hydrogen-bond acceptors (Lipinski definition) is 6. The smallest absolute Gasteiger partial charge is 0.158 e. The molecular weight excluding hydrogens is 220 g/mol. The second kappa shape index (κ2) is 7.81. The Morgan fingerprint density at radius 3 is 2.76 bits per heavy atom. The first-order valence-electron chi connectivity index (χ1n) is 5.78. The van der Waals surface area contributed by atoms with E-state index in [1.54, 1.807) is 0 Å². The molecule has 1 aromatic heterocycles. The summed E-state index contributed by atoms with van der Waals surface area (Å²) >= 11 is 0. The number of rotatable bonds is 8. The van der Waals surface area contributed by atoms with Crippen molar-refractivity contribution in [1.82, 2.24) is 9.97 Å². The molecule has 6 nitrogen and oxygen atoms in total. The van der Waals surface area contributed by atoms with E-state index in [4.69, 9.17) is 9.84 Å². The SMILES string of the molecule is CCOCc1nc(NC)cc(NCCCO)n1. The van der Waals surface area contributed by atoms with Crippen LogP contribution in [0.4, 0.5) is 11.6 Å². The topological polar surface area (TPSA) is 79.3 Å². The Kier molecular flexibility index (Phi) is 6.27. The van der Waals surface area contributed by atoms with E-state index in [9.17, 15) is 0 Å². The van der Waals surface area contributed by atoms with Crippen LogP contribution in [-0.4, -0.2) is 41.9 Å². The van der Waals surface area contributed by atoms with Crippen molar-refractivity contribution in [1.29, 1.82) is 0 Å². The fourth-order valence-corrected chi connectivity index (χ4v) is 1.27. The Labute approximate surface area is 101 Å². The number of hydrogen-bond donors (Lipinski definition) is 3. The minimum Gasteiger partial charge on any atom is -0.396 e. The molecule has 0 unspecified atom stereocenters. The zero-order valence-corrected chi connectivity index (χ0v) is 10.4. The summed E-state index contributed by atoms with van der Waals surface area (Å²) in [4.78, 5) is 8.60. The molecule has 0 aromatic carbocycles. The van der Waals surface area contributed by atoms with Crippen LogP contribution in [0, 0.1) is 0 Å². The highest BCUT2D eigenvalue weighted by atomic mass is 16.5. The van der Waals surface area contributed by atoms with Gasteiger partial charge < -0.3 is 20.5 Å². The summed E-state index contributed by atoms with van der Waals surface area (Å²) in [5, 5.41) is 14.8. The van der Waals surface area contributed by atoms with Crippen molar-refractivity contribution in [3.8, 4) is 0 Å². The lowest BCUT2D eigenvalue weighted by molar-refractivity contribution is 0.128. The Morgan fingerprint density at radius 1 is 1.35 bits per heavy atom. The summed E-state index contributed by atoms with van der Waals surface area (Å²) in [6, 6.07) is 1.83. The lowest BCUT2D eigenvalue weighted by Gasteiger charge is -2.09. The van der Waals surface area contributed by atoms with Crippen LogP contribution in [-0.2, 0) is 11.3 Å². The van der Waals surface area contributed by atoms with E-state index in [0.29, 0.717) is 32.0 Å².